The van der Waals surface area contributed by atoms with Gasteiger partial charge in [0.2, 0.25) is 17.7 Å². The zero-order chi connectivity index (χ0) is 35.0. The van der Waals surface area contributed by atoms with Crippen molar-refractivity contribution in [2.75, 3.05) is 6.54 Å². The van der Waals surface area contributed by atoms with E-state index in [4.69, 9.17) is 19.4 Å². The molecule has 0 spiro atoms. The summed E-state index contributed by atoms with van der Waals surface area (Å²) in [6, 6.07) is 1.80. The van der Waals surface area contributed by atoms with Crippen LogP contribution in [-0.4, -0.2) is 90.0 Å². The number of rotatable bonds is 6. The van der Waals surface area contributed by atoms with Gasteiger partial charge in [0, 0.05) is 19.4 Å². The predicted octanol–water partition coefficient (Wildman–Crippen LogP) is 4.27. The van der Waals surface area contributed by atoms with Gasteiger partial charge >= 0.3 is 12.1 Å². The third-order valence-electron chi connectivity index (χ3n) is 10.3. The summed E-state index contributed by atoms with van der Waals surface area (Å²) in [4.78, 5) is 64.9. The minimum Gasteiger partial charge on any atom is -0.479 e. The maximum Gasteiger partial charge on any atom is 0.408 e. The Morgan fingerprint density at radius 3 is 2.66 bits per heavy atom. The number of carbonyl (C=O) groups is 4. The molecular formula is C35H43N7O7S. The van der Waals surface area contributed by atoms with E-state index in [1.54, 1.807) is 4.68 Å². The largest absolute Gasteiger partial charge is 0.479 e. The predicted molar refractivity (Wildman–Crippen MR) is 183 cm³/mol. The van der Waals surface area contributed by atoms with Crippen molar-refractivity contribution in [1.29, 1.82) is 0 Å². The Kier molecular flexibility index (Phi) is 9.51. The van der Waals surface area contributed by atoms with E-state index in [0.29, 0.717) is 35.8 Å². The molecule has 5 atom stereocenters. The fourth-order valence-corrected chi connectivity index (χ4v) is 8.25. The molecule has 0 radical (unpaired) electrons. The van der Waals surface area contributed by atoms with Gasteiger partial charge in [-0.2, -0.15) is 10.1 Å². The number of fused-ring (bicyclic) bond motifs is 3. The lowest BCUT2D eigenvalue weighted by Gasteiger charge is -2.29. The molecule has 3 aromatic rings. The number of nitrogens with one attached hydrogen (secondary N) is 2. The number of ether oxygens (including phenoxy) is 2. The average molecular weight is 706 g/mol. The number of allylic oxidation sites excluding steroid dienone is 1. The molecule has 2 saturated carbocycles. The minimum atomic E-state index is -1.43. The van der Waals surface area contributed by atoms with Gasteiger partial charge in [-0.3, -0.25) is 14.3 Å². The van der Waals surface area contributed by atoms with Crippen molar-refractivity contribution in [3.8, 4) is 17.4 Å². The molecule has 4 aliphatic rings. The normalized spacial score (nSPS) is 28.2. The van der Waals surface area contributed by atoms with Gasteiger partial charge in [-0.15, -0.1) is 11.3 Å². The van der Waals surface area contributed by atoms with Crippen LogP contribution >= 0.6 is 11.3 Å². The van der Waals surface area contributed by atoms with E-state index in [-0.39, 0.29) is 31.4 Å². The summed E-state index contributed by atoms with van der Waals surface area (Å²) in [5.74, 6) is -1.70. The zero-order valence-corrected chi connectivity index (χ0v) is 29.1. The number of alkyl carbamates (subject to hydrolysis) is 1. The molecule has 3 fully saturated rings. The highest BCUT2D eigenvalue weighted by Crippen LogP contribution is 2.45. The SMILES string of the molecule is Cc1cc(-c2nc(O[C@@H]3C[C@H]4C(=O)N[C@]5(C(=O)O)C[C@H]5/C=C\CCCCC[C@@H](NC(=O)OC5CCCC5)C(=O)N4C3)c3sccc3n2)n(C)n1. The molecule has 3 amide bonds. The van der Waals surface area contributed by atoms with Gasteiger partial charge in [0.05, 0.1) is 17.8 Å². The van der Waals surface area contributed by atoms with Crippen molar-refractivity contribution in [2.45, 2.75) is 107 Å². The highest BCUT2D eigenvalue weighted by atomic mass is 32.1. The van der Waals surface area contributed by atoms with E-state index < -0.39 is 47.6 Å². The van der Waals surface area contributed by atoms with Crippen molar-refractivity contribution >= 4 is 45.4 Å². The third kappa shape index (κ3) is 6.92. The summed E-state index contributed by atoms with van der Waals surface area (Å²) in [7, 11) is 1.81. The maximum atomic E-state index is 14.4. The van der Waals surface area contributed by atoms with E-state index in [1.165, 1.54) is 16.2 Å². The highest BCUT2D eigenvalue weighted by Gasteiger charge is 2.61. The first kappa shape index (κ1) is 33.9. The number of thiophene rings is 1. The summed E-state index contributed by atoms with van der Waals surface area (Å²) in [5, 5.41) is 22.1. The molecule has 50 heavy (non-hydrogen) atoms. The van der Waals surface area contributed by atoms with Gasteiger partial charge in [-0.1, -0.05) is 25.0 Å². The molecule has 0 bridgehead atoms. The van der Waals surface area contributed by atoms with Crippen molar-refractivity contribution in [2.24, 2.45) is 13.0 Å². The number of nitrogens with zero attached hydrogens (tertiary/aromatic N) is 5. The van der Waals surface area contributed by atoms with Crippen molar-refractivity contribution in [3.63, 3.8) is 0 Å². The van der Waals surface area contributed by atoms with Crippen LogP contribution in [0.2, 0.25) is 0 Å². The van der Waals surface area contributed by atoms with E-state index in [9.17, 15) is 24.3 Å². The van der Waals surface area contributed by atoms with E-state index >= 15 is 0 Å². The van der Waals surface area contributed by atoms with Crippen LogP contribution in [0.25, 0.3) is 21.7 Å². The third-order valence-corrected chi connectivity index (χ3v) is 11.2. The Morgan fingerprint density at radius 2 is 1.90 bits per heavy atom. The van der Waals surface area contributed by atoms with Gasteiger partial charge in [-0.25, -0.2) is 14.6 Å². The number of aromatic nitrogens is 4. The summed E-state index contributed by atoms with van der Waals surface area (Å²) in [6.07, 6.45) is 9.79. The zero-order valence-electron chi connectivity index (χ0n) is 28.3. The van der Waals surface area contributed by atoms with E-state index in [1.807, 2.05) is 43.6 Å². The Bertz CT molecular complexity index is 1820. The molecule has 266 valence electrons. The molecule has 2 aliphatic carbocycles. The minimum absolute atomic E-state index is 0.0349. The van der Waals surface area contributed by atoms with Gasteiger partial charge < -0.3 is 30.1 Å². The van der Waals surface area contributed by atoms with E-state index in [2.05, 4.69) is 15.7 Å². The summed E-state index contributed by atoms with van der Waals surface area (Å²) >= 11 is 1.42. The molecule has 1 saturated heterocycles. The van der Waals surface area contributed by atoms with Gasteiger partial charge in [0.25, 0.3) is 0 Å². The molecular weight excluding hydrogens is 662 g/mol. The Morgan fingerprint density at radius 1 is 1.10 bits per heavy atom. The van der Waals surface area contributed by atoms with E-state index in [0.717, 1.165) is 55.3 Å². The Hall–Kier alpha value is -4.53. The number of aryl methyl sites for hydroxylation is 2. The van der Waals surface area contributed by atoms with Crippen LogP contribution < -0.4 is 15.4 Å². The number of amides is 3. The highest BCUT2D eigenvalue weighted by molar-refractivity contribution is 7.17. The number of aliphatic carboxylic acids is 1. The number of hydrogen-bond acceptors (Lipinski definition) is 10. The summed E-state index contributed by atoms with van der Waals surface area (Å²) in [5.41, 5.74) is 0.777. The van der Waals surface area contributed by atoms with Crippen LogP contribution in [0.5, 0.6) is 5.88 Å². The maximum absolute atomic E-state index is 14.4. The molecule has 5 heterocycles. The summed E-state index contributed by atoms with van der Waals surface area (Å²) < 4.78 is 14.6. The molecule has 7 rings (SSSR count). The molecule has 2 aliphatic heterocycles. The lowest BCUT2D eigenvalue weighted by Crippen LogP contribution is -2.56. The molecule has 3 aromatic heterocycles. The smallest absolute Gasteiger partial charge is 0.408 e. The molecule has 0 aromatic carbocycles. The van der Waals surface area contributed by atoms with Crippen LogP contribution in [0, 0.1) is 12.8 Å². The lowest BCUT2D eigenvalue weighted by atomic mass is 10.0. The number of hydrogen-bond donors (Lipinski definition) is 3. The van der Waals surface area contributed by atoms with Gasteiger partial charge in [-0.05, 0) is 75.8 Å². The standard InChI is InChI=1S/C35H43N7O7S/c1-20-16-26(41(2)40-20)29-36-24-14-15-50-28(24)31(38-29)48-23-17-27-30(43)39-35(33(45)46)18-21(35)10-6-4-3-5-7-13-25(32(44)42(27)19-23)37-34(47)49-22-11-8-9-12-22/h6,10,14-16,21-23,25,27H,3-5,7-9,11-13,17-19H2,1-2H3,(H,37,47)(H,39,43)(H,45,46)/b10-6-/t21-,23-,25-,27+,35-/m1/s1. The Balaban J connectivity index is 1.18. The van der Waals surface area contributed by atoms with Crippen LogP contribution in [0.1, 0.15) is 76.3 Å². The first-order chi connectivity index (χ1) is 24.1. The second-order valence-electron chi connectivity index (χ2n) is 13.9. The van der Waals surface area contributed by atoms with Crippen LogP contribution in [0.3, 0.4) is 0 Å². The fraction of sp³-hybridized carbons (Fsp3) is 0.571. The molecule has 3 N–H and O–H groups in total. The summed E-state index contributed by atoms with van der Waals surface area (Å²) in [6.45, 7) is 1.92. The second-order valence-corrected chi connectivity index (χ2v) is 14.8. The first-order valence-corrected chi connectivity index (χ1v) is 18.4. The van der Waals surface area contributed by atoms with Crippen LogP contribution in [-0.2, 0) is 26.2 Å². The number of carboxylic acid groups (broad SMARTS) is 1. The molecule has 0 unspecified atom stereocenters. The fourth-order valence-electron chi connectivity index (χ4n) is 7.49. The van der Waals surface area contributed by atoms with Crippen LogP contribution in [0.4, 0.5) is 4.79 Å². The topological polar surface area (TPSA) is 178 Å². The average Bonchev–Trinajstić information content (AvgIpc) is 3.64. The van der Waals surface area contributed by atoms with Crippen molar-refractivity contribution in [3.05, 3.63) is 35.4 Å². The molecule has 15 heteroatoms. The number of carbonyl (C=O) groups excluding carboxylic acids is 3. The first-order valence-electron chi connectivity index (χ1n) is 17.5. The van der Waals surface area contributed by atoms with Crippen molar-refractivity contribution < 1.29 is 33.8 Å². The lowest BCUT2D eigenvalue weighted by molar-refractivity contribution is -0.145. The van der Waals surface area contributed by atoms with Gasteiger partial charge in [0.15, 0.2) is 5.82 Å². The monoisotopic (exact) mass is 705 g/mol. The van der Waals surface area contributed by atoms with Crippen LogP contribution in [0.15, 0.2) is 29.7 Å². The number of carboxylic acids is 1. The van der Waals surface area contributed by atoms with Gasteiger partial charge in [0.1, 0.15) is 40.2 Å². The second kappa shape index (κ2) is 14.0. The molecule has 14 nitrogen and oxygen atoms in total. The Labute approximate surface area is 293 Å². The quantitative estimate of drug-likeness (QED) is 0.314. The van der Waals surface area contributed by atoms with Crippen molar-refractivity contribution in [1.82, 2.24) is 35.3 Å².